The van der Waals surface area contributed by atoms with Crippen LogP contribution in [0.2, 0.25) is 0 Å². The fourth-order valence-electron chi connectivity index (χ4n) is 2.60. The van der Waals surface area contributed by atoms with Crippen LogP contribution < -0.4 is 11.1 Å². The van der Waals surface area contributed by atoms with Gasteiger partial charge >= 0.3 is 6.09 Å². The van der Waals surface area contributed by atoms with E-state index in [1.807, 2.05) is 39.5 Å². The molecule has 1 heterocycles. The van der Waals surface area contributed by atoms with Crippen LogP contribution in [0.15, 0.2) is 0 Å². The normalized spacial score (nSPS) is 25.2. The number of likely N-dealkylation sites (tertiary alicyclic amines) is 1. The maximum absolute atomic E-state index is 11.7. The van der Waals surface area contributed by atoms with Gasteiger partial charge in [-0.2, -0.15) is 0 Å². The van der Waals surface area contributed by atoms with Gasteiger partial charge in [0.15, 0.2) is 0 Å². The van der Waals surface area contributed by atoms with E-state index in [1.54, 1.807) is 0 Å². The number of rotatable bonds is 4. The molecule has 3 unspecified atom stereocenters. The molecule has 6 nitrogen and oxygen atoms in total. The van der Waals surface area contributed by atoms with Crippen molar-refractivity contribution in [3.63, 3.8) is 0 Å². The van der Waals surface area contributed by atoms with Crippen LogP contribution in [0.5, 0.6) is 0 Å². The summed E-state index contributed by atoms with van der Waals surface area (Å²) < 4.78 is 5.21. The summed E-state index contributed by atoms with van der Waals surface area (Å²) in [6.07, 6.45) is 0.514. The highest BCUT2D eigenvalue weighted by Crippen LogP contribution is 2.23. The Morgan fingerprint density at radius 1 is 1.45 bits per heavy atom. The van der Waals surface area contributed by atoms with Crippen LogP contribution >= 0.6 is 0 Å². The van der Waals surface area contributed by atoms with Gasteiger partial charge in [0.05, 0.1) is 6.04 Å². The minimum atomic E-state index is -0.512. The Bertz CT molecular complexity index is 365. The summed E-state index contributed by atoms with van der Waals surface area (Å²) in [4.78, 5) is 25.2. The Balaban J connectivity index is 2.48. The molecule has 1 rings (SSSR count). The third kappa shape index (κ3) is 5.00. The average Bonchev–Trinajstić information content (AvgIpc) is 2.55. The third-order valence-electron chi connectivity index (χ3n) is 3.37. The van der Waals surface area contributed by atoms with Crippen molar-refractivity contribution >= 4 is 12.0 Å². The summed E-state index contributed by atoms with van der Waals surface area (Å²) in [7, 11) is 0. The lowest BCUT2D eigenvalue weighted by Crippen LogP contribution is -2.49. The molecule has 0 radical (unpaired) electrons. The van der Waals surface area contributed by atoms with Crippen molar-refractivity contribution in [1.82, 2.24) is 10.2 Å². The fraction of sp³-hybridized carbons (Fsp3) is 0.857. The van der Waals surface area contributed by atoms with Gasteiger partial charge < -0.3 is 15.8 Å². The van der Waals surface area contributed by atoms with Crippen LogP contribution in [-0.2, 0) is 9.53 Å². The molecule has 116 valence electrons. The van der Waals surface area contributed by atoms with Crippen LogP contribution in [0.1, 0.15) is 41.0 Å². The number of hydrogen-bond acceptors (Lipinski definition) is 4. The lowest BCUT2D eigenvalue weighted by Gasteiger charge is -2.28. The van der Waals surface area contributed by atoms with Gasteiger partial charge in [0.1, 0.15) is 5.60 Å². The second-order valence-corrected chi connectivity index (χ2v) is 6.66. The van der Waals surface area contributed by atoms with Crippen molar-refractivity contribution in [1.29, 1.82) is 0 Å². The summed E-state index contributed by atoms with van der Waals surface area (Å²) in [6.45, 7) is 10.8. The number of ether oxygens (including phenoxy) is 1. The number of alkyl carbamates (subject to hydrolysis) is 1. The van der Waals surface area contributed by atoms with E-state index in [9.17, 15) is 9.59 Å². The van der Waals surface area contributed by atoms with Gasteiger partial charge in [-0.05, 0) is 46.6 Å². The predicted molar refractivity (Wildman–Crippen MR) is 77.2 cm³/mol. The highest BCUT2D eigenvalue weighted by Gasteiger charge is 2.35. The molecule has 20 heavy (non-hydrogen) atoms. The minimum absolute atomic E-state index is 0.100. The lowest BCUT2D eigenvalue weighted by atomic mass is 10.0. The van der Waals surface area contributed by atoms with E-state index < -0.39 is 11.7 Å². The van der Waals surface area contributed by atoms with Gasteiger partial charge in [-0.25, -0.2) is 4.79 Å². The van der Waals surface area contributed by atoms with E-state index in [-0.39, 0.29) is 23.9 Å². The van der Waals surface area contributed by atoms with Gasteiger partial charge in [0.25, 0.3) is 0 Å². The number of carbonyl (C=O) groups excluding carboxylic acids is 2. The molecule has 0 spiro atoms. The number of nitrogens with two attached hydrogens (primary N) is 1. The Hall–Kier alpha value is -1.30. The van der Waals surface area contributed by atoms with Crippen molar-refractivity contribution in [3.05, 3.63) is 0 Å². The highest BCUT2D eigenvalue weighted by molar-refractivity contribution is 5.80. The lowest BCUT2D eigenvalue weighted by molar-refractivity contribution is -0.123. The number of nitrogens with one attached hydrogen (secondary N) is 1. The number of primary amides is 1. The van der Waals surface area contributed by atoms with Crippen LogP contribution in [0.3, 0.4) is 0 Å². The maximum atomic E-state index is 11.7. The number of hydrogen-bond donors (Lipinski definition) is 2. The first-order chi connectivity index (χ1) is 9.10. The molecule has 1 fully saturated rings. The summed E-state index contributed by atoms with van der Waals surface area (Å²) in [6, 6.07) is -0.338. The molecule has 3 atom stereocenters. The van der Waals surface area contributed by atoms with Crippen molar-refractivity contribution in [2.24, 2.45) is 11.7 Å². The van der Waals surface area contributed by atoms with Crippen LogP contribution in [0.4, 0.5) is 4.79 Å². The Morgan fingerprint density at radius 3 is 2.55 bits per heavy atom. The van der Waals surface area contributed by atoms with Crippen LogP contribution in [0, 0.1) is 5.92 Å². The van der Waals surface area contributed by atoms with Crippen molar-refractivity contribution in [2.45, 2.75) is 58.7 Å². The SMILES string of the molecule is CC(CN1CCC(C)C1C(N)=O)NC(=O)OC(C)(C)C. The van der Waals surface area contributed by atoms with E-state index in [4.69, 9.17) is 10.5 Å². The minimum Gasteiger partial charge on any atom is -0.444 e. The molecule has 0 bridgehead atoms. The van der Waals surface area contributed by atoms with Gasteiger partial charge in [-0.15, -0.1) is 0 Å². The number of carbonyl (C=O) groups is 2. The van der Waals surface area contributed by atoms with Crippen molar-refractivity contribution < 1.29 is 14.3 Å². The van der Waals surface area contributed by atoms with Gasteiger partial charge in [-0.3, -0.25) is 9.69 Å². The van der Waals surface area contributed by atoms with Crippen molar-refractivity contribution in [3.8, 4) is 0 Å². The van der Waals surface area contributed by atoms with E-state index in [2.05, 4.69) is 5.32 Å². The second-order valence-electron chi connectivity index (χ2n) is 6.66. The largest absolute Gasteiger partial charge is 0.444 e. The number of nitrogens with zero attached hydrogens (tertiary/aromatic N) is 1. The standard InChI is InChI=1S/C14H27N3O3/c1-9-6-7-17(11(9)12(15)18)8-10(2)16-13(19)20-14(3,4)5/h9-11H,6-8H2,1-5H3,(H2,15,18)(H,16,19). The van der Waals surface area contributed by atoms with Gasteiger partial charge in [0.2, 0.25) is 5.91 Å². The second kappa shape index (κ2) is 6.43. The zero-order chi connectivity index (χ0) is 15.5. The smallest absolute Gasteiger partial charge is 0.407 e. The Labute approximate surface area is 121 Å². The molecular weight excluding hydrogens is 258 g/mol. The molecule has 0 saturated carbocycles. The van der Waals surface area contributed by atoms with E-state index in [0.717, 1.165) is 13.0 Å². The van der Waals surface area contributed by atoms with Crippen LogP contribution in [0.25, 0.3) is 0 Å². The highest BCUT2D eigenvalue weighted by atomic mass is 16.6. The zero-order valence-corrected chi connectivity index (χ0v) is 13.1. The first kappa shape index (κ1) is 16.8. The molecule has 0 aromatic rings. The molecule has 0 aliphatic carbocycles. The first-order valence-electron chi connectivity index (χ1n) is 7.13. The van der Waals surface area contributed by atoms with E-state index >= 15 is 0 Å². The molecule has 1 saturated heterocycles. The topological polar surface area (TPSA) is 84.7 Å². The first-order valence-corrected chi connectivity index (χ1v) is 7.13. The molecule has 1 aliphatic heterocycles. The predicted octanol–water partition coefficient (Wildman–Crippen LogP) is 1.10. The molecule has 3 N–H and O–H groups in total. The summed E-state index contributed by atoms with van der Waals surface area (Å²) in [5, 5.41) is 2.78. The van der Waals surface area contributed by atoms with Crippen LogP contribution in [-0.4, -0.2) is 47.7 Å². The molecule has 6 heteroatoms. The third-order valence-corrected chi connectivity index (χ3v) is 3.37. The monoisotopic (exact) mass is 285 g/mol. The van der Waals surface area contributed by atoms with Gasteiger partial charge in [-0.1, -0.05) is 6.92 Å². The molecule has 1 aliphatic rings. The molecule has 2 amide bonds. The summed E-state index contributed by atoms with van der Waals surface area (Å²) in [5.41, 5.74) is 4.93. The van der Waals surface area contributed by atoms with E-state index in [1.165, 1.54) is 0 Å². The van der Waals surface area contributed by atoms with Gasteiger partial charge in [0, 0.05) is 12.6 Å². The maximum Gasteiger partial charge on any atom is 0.407 e. The van der Waals surface area contributed by atoms with Crippen molar-refractivity contribution in [2.75, 3.05) is 13.1 Å². The fourth-order valence-corrected chi connectivity index (χ4v) is 2.60. The molecule has 0 aromatic carbocycles. The quantitative estimate of drug-likeness (QED) is 0.810. The number of amides is 2. The molecule has 0 aromatic heterocycles. The summed E-state index contributed by atoms with van der Waals surface area (Å²) >= 11 is 0. The Kier molecular flexibility index (Phi) is 5.39. The van der Waals surface area contributed by atoms with E-state index in [0.29, 0.717) is 6.54 Å². The average molecular weight is 285 g/mol. The molecular formula is C14H27N3O3. The zero-order valence-electron chi connectivity index (χ0n) is 13.1. The summed E-state index contributed by atoms with van der Waals surface area (Å²) in [5.74, 6) is -0.0271. The Morgan fingerprint density at radius 2 is 2.05 bits per heavy atom.